The number of hydrogen-bond acceptors (Lipinski definition) is 2. The highest BCUT2D eigenvalue weighted by Crippen LogP contribution is 2.20. The zero-order valence-corrected chi connectivity index (χ0v) is 15.7. The smallest absolute Gasteiger partial charge is 0.321 e. The second-order valence-electron chi connectivity index (χ2n) is 6.03. The summed E-state index contributed by atoms with van der Waals surface area (Å²) in [6, 6.07) is 5.37. The van der Waals surface area contributed by atoms with Crippen LogP contribution in [0.3, 0.4) is 0 Å². The van der Waals surface area contributed by atoms with Gasteiger partial charge in [0.15, 0.2) is 0 Å². The van der Waals surface area contributed by atoms with Crippen molar-refractivity contribution < 1.29 is 4.79 Å². The van der Waals surface area contributed by atoms with E-state index >= 15 is 0 Å². The lowest BCUT2D eigenvalue weighted by atomic mass is 10.1. The number of halogens is 1. The Hall–Kier alpha value is -2.01. The van der Waals surface area contributed by atoms with Gasteiger partial charge in [-0.2, -0.15) is 5.10 Å². The first-order valence-corrected chi connectivity index (χ1v) is 8.52. The summed E-state index contributed by atoms with van der Waals surface area (Å²) in [6.07, 6.45) is 0.788. The molecule has 2 aromatic rings. The molecule has 0 aliphatic heterocycles. The Morgan fingerprint density at radius 2 is 2.04 bits per heavy atom. The molecule has 0 bridgehead atoms. The summed E-state index contributed by atoms with van der Waals surface area (Å²) in [5, 5.41) is 8.04. The van der Waals surface area contributed by atoms with Crippen LogP contribution in [0.15, 0.2) is 18.2 Å². The molecule has 0 saturated carbocycles. The van der Waals surface area contributed by atoms with Gasteiger partial charge in [-0.3, -0.25) is 4.68 Å². The van der Waals surface area contributed by atoms with Crippen LogP contribution in [-0.4, -0.2) is 34.3 Å². The number of aromatic nitrogens is 2. The number of anilines is 1. The molecule has 0 atom stereocenters. The Morgan fingerprint density at radius 1 is 1.33 bits per heavy atom. The van der Waals surface area contributed by atoms with Gasteiger partial charge in [-0.1, -0.05) is 17.7 Å². The predicted molar refractivity (Wildman–Crippen MR) is 98.9 cm³/mol. The lowest BCUT2D eigenvalue weighted by molar-refractivity contribution is 0.223. The van der Waals surface area contributed by atoms with Crippen molar-refractivity contribution in [1.82, 2.24) is 14.7 Å². The van der Waals surface area contributed by atoms with E-state index in [0.29, 0.717) is 17.3 Å². The van der Waals surface area contributed by atoms with Gasteiger partial charge in [-0.25, -0.2) is 4.79 Å². The Labute approximate surface area is 148 Å². The van der Waals surface area contributed by atoms with Crippen molar-refractivity contribution in [3.8, 4) is 0 Å². The summed E-state index contributed by atoms with van der Waals surface area (Å²) in [7, 11) is 1.79. The van der Waals surface area contributed by atoms with Gasteiger partial charge in [0.1, 0.15) is 0 Å². The van der Waals surface area contributed by atoms with Gasteiger partial charge in [0, 0.05) is 36.5 Å². The minimum absolute atomic E-state index is 0.145. The van der Waals surface area contributed by atoms with Crippen molar-refractivity contribution in [2.24, 2.45) is 0 Å². The molecule has 130 valence electrons. The molecule has 0 aliphatic rings. The summed E-state index contributed by atoms with van der Waals surface area (Å²) in [5.41, 5.74) is 5.12. The van der Waals surface area contributed by atoms with Gasteiger partial charge in [0.2, 0.25) is 0 Å². The lowest BCUT2D eigenvalue weighted by Crippen LogP contribution is -2.33. The first-order valence-electron chi connectivity index (χ1n) is 8.14. The fourth-order valence-corrected chi connectivity index (χ4v) is 2.85. The molecule has 0 fully saturated rings. The largest absolute Gasteiger partial charge is 0.327 e. The molecule has 1 aromatic heterocycles. The number of likely N-dealkylation sites (N-methyl/N-ethyl adjacent to an activating group) is 1. The predicted octanol–water partition coefficient (Wildman–Crippen LogP) is 4.19. The third-order valence-corrected chi connectivity index (χ3v) is 4.71. The van der Waals surface area contributed by atoms with Crippen molar-refractivity contribution in [3.05, 3.63) is 45.7 Å². The van der Waals surface area contributed by atoms with Crippen LogP contribution in [0.1, 0.15) is 29.4 Å². The Kier molecular flexibility index (Phi) is 5.89. The van der Waals surface area contributed by atoms with Crippen LogP contribution in [0.25, 0.3) is 0 Å². The van der Waals surface area contributed by atoms with Crippen LogP contribution in [-0.2, 0) is 13.0 Å². The quantitative estimate of drug-likeness (QED) is 0.880. The van der Waals surface area contributed by atoms with Crippen LogP contribution in [0.2, 0.25) is 5.02 Å². The van der Waals surface area contributed by atoms with Crippen molar-refractivity contribution in [2.75, 3.05) is 18.9 Å². The van der Waals surface area contributed by atoms with Gasteiger partial charge in [0.25, 0.3) is 0 Å². The number of benzene rings is 1. The zero-order valence-electron chi connectivity index (χ0n) is 15.0. The topological polar surface area (TPSA) is 50.2 Å². The maximum atomic E-state index is 12.3. The molecule has 1 heterocycles. The molecule has 0 aliphatic carbocycles. The molecule has 0 saturated heterocycles. The Morgan fingerprint density at radius 3 is 2.62 bits per heavy atom. The van der Waals surface area contributed by atoms with Crippen molar-refractivity contribution in [2.45, 2.75) is 40.7 Å². The average molecular weight is 349 g/mol. The summed E-state index contributed by atoms with van der Waals surface area (Å²) in [6.45, 7) is 9.59. The lowest BCUT2D eigenvalue weighted by Gasteiger charge is -2.18. The van der Waals surface area contributed by atoms with Crippen LogP contribution in [0, 0.1) is 20.8 Å². The normalized spacial score (nSPS) is 10.8. The number of hydrogen-bond donors (Lipinski definition) is 1. The number of aryl methyl sites for hydroxylation is 3. The maximum Gasteiger partial charge on any atom is 0.321 e. The standard InChI is InChI=1S/C18H25ClN4O/c1-6-23-14(4)16(13(3)21-23)9-10-22(5)18(24)20-15-8-7-12(2)17(19)11-15/h7-8,11H,6,9-10H2,1-5H3,(H,20,24). The van der Waals surface area contributed by atoms with E-state index in [0.717, 1.165) is 24.2 Å². The van der Waals surface area contributed by atoms with Crippen molar-refractivity contribution >= 4 is 23.3 Å². The monoisotopic (exact) mass is 348 g/mol. The fourth-order valence-electron chi connectivity index (χ4n) is 2.67. The highest BCUT2D eigenvalue weighted by Gasteiger charge is 2.14. The molecular weight excluding hydrogens is 324 g/mol. The molecule has 5 nitrogen and oxygen atoms in total. The summed E-state index contributed by atoms with van der Waals surface area (Å²) >= 11 is 6.09. The number of rotatable bonds is 5. The first kappa shape index (κ1) is 18.3. The number of nitrogens with one attached hydrogen (secondary N) is 1. The minimum Gasteiger partial charge on any atom is -0.327 e. The minimum atomic E-state index is -0.145. The van der Waals surface area contributed by atoms with E-state index in [9.17, 15) is 4.79 Å². The van der Waals surface area contributed by atoms with Gasteiger partial charge in [-0.15, -0.1) is 0 Å². The molecule has 6 heteroatoms. The third-order valence-electron chi connectivity index (χ3n) is 4.30. The molecule has 0 unspecified atom stereocenters. The highest BCUT2D eigenvalue weighted by atomic mass is 35.5. The van der Waals surface area contributed by atoms with Crippen molar-refractivity contribution in [3.63, 3.8) is 0 Å². The molecule has 2 amide bonds. The van der Waals surface area contributed by atoms with Gasteiger partial charge in [-0.05, 0) is 57.4 Å². The Balaban J connectivity index is 1.97. The van der Waals surface area contributed by atoms with Crippen LogP contribution in [0.5, 0.6) is 0 Å². The summed E-state index contributed by atoms with van der Waals surface area (Å²) < 4.78 is 2.00. The van der Waals surface area contributed by atoms with Gasteiger partial charge >= 0.3 is 6.03 Å². The van der Waals surface area contributed by atoms with E-state index in [-0.39, 0.29) is 6.03 Å². The molecular formula is C18H25ClN4O. The highest BCUT2D eigenvalue weighted by molar-refractivity contribution is 6.31. The molecule has 1 N–H and O–H groups in total. The van der Waals surface area contributed by atoms with E-state index < -0.39 is 0 Å². The summed E-state index contributed by atoms with van der Waals surface area (Å²) in [5.74, 6) is 0. The van der Waals surface area contributed by atoms with E-state index in [1.807, 2.05) is 30.7 Å². The third kappa shape index (κ3) is 4.09. The molecule has 1 aromatic carbocycles. The first-order chi connectivity index (χ1) is 11.3. The van der Waals surface area contributed by atoms with Crippen LogP contribution in [0.4, 0.5) is 10.5 Å². The number of carbonyl (C=O) groups is 1. The molecule has 24 heavy (non-hydrogen) atoms. The second-order valence-corrected chi connectivity index (χ2v) is 6.44. The van der Waals surface area contributed by atoms with Crippen LogP contribution < -0.4 is 5.32 Å². The SMILES string of the molecule is CCn1nc(C)c(CCN(C)C(=O)Nc2ccc(C)c(Cl)c2)c1C. The second kappa shape index (κ2) is 7.71. The zero-order chi connectivity index (χ0) is 17.9. The number of nitrogens with zero attached hydrogens (tertiary/aromatic N) is 3. The number of amides is 2. The fraction of sp³-hybridized carbons (Fsp3) is 0.444. The molecule has 0 spiro atoms. The van der Waals surface area contributed by atoms with Crippen molar-refractivity contribution in [1.29, 1.82) is 0 Å². The summed E-state index contributed by atoms with van der Waals surface area (Å²) in [4.78, 5) is 14.0. The van der Waals surface area contributed by atoms with E-state index in [1.54, 1.807) is 18.0 Å². The van der Waals surface area contributed by atoms with E-state index in [4.69, 9.17) is 11.6 Å². The molecule has 0 radical (unpaired) electrons. The van der Waals surface area contributed by atoms with E-state index in [1.165, 1.54) is 11.3 Å². The molecule has 2 rings (SSSR count). The van der Waals surface area contributed by atoms with E-state index in [2.05, 4.69) is 24.3 Å². The average Bonchev–Trinajstić information content (AvgIpc) is 2.82. The number of carbonyl (C=O) groups excluding carboxylic acids is 1. The van der Waals surface area contributed by atoms with Gasteiger partial charge < -0.3 is 10.2 Å². The maximum absolute atomic E-state index is 12.3. The Bertz CT molecular complexity index is 739. The van der Waals surface area contributed by atoms with Crippen LogP contribution >= 0.6 is 11.6 Å². The number of urea groups is 1. The van der Waals surface area contributed by atoms with Gasteiger partial charge in [0.05, 0.1) is 5.69 Å².